The van der Waals surface area contributed by atoms with Crippen LogP contribution in [0.4, 0.5) is 5.69 Å². The van der Waals surface area contributed by atoms with Crippen molar-refractivity contribution in [2.24, 2.45) is 5.92 Å². The number of hydrogen-bond donors (Lipinski definition) is 3. The molecule has 1 saturated carbocycles. The minimum Gasteiger partial charge on any atom is -0.493 e. The van der Waals surface area contributed by atoms with Crippen LogP contribution < -0.4 is 10.1 Å². The summed E-state index contributed by atoms with van der Waals surface area (Å²) in [5, 5.41) is 20.9. The molecule has 1 fully saturated rings. The molecule has 1 aliphatic rings. The van der Waals surface area contributed by atoms with E-state index >= 15 is 0 Å². The maximum atomic E-state index is 9.19. The molecule has 4 nitrogen and oxygen atoms in total. The summed E-state index contributed by atoms with van der Waals surface area (Å²) in [6.45, 7) is 0.935. The summed E-state index contributed by atoms with van der Waals surface area (Å²) in [6, 6.07) is 7.64. The minimum atomic E-state index is -0.721. The second-order valence-corrected chi connectivity index (χ2v) is 4.50. The van der Waals surface area contributed by atoms with Gasteiger partial charge in [0.15, 0.2) is 0 Å². The van der Waals surface area contributed by atoms with E-state index in [4.69, 9.17) is 9.84 Å². The number of nitrogens with one attached hydrogen (secondary N) is 1. The SMILES string of the molecule is OCC(O)CNc1ccc(OCC2CC2)cc1. The third kappa shape index (κ3) is 4.24. The Balaban J connectivity index is 1.75. The van der Waals surface area contributed by atoms with Gasteiger partial charge in [-0.1, -0.05) is 0 Å². The van der Waals surface area contributed by atoms with Crippen molar-refractivity contribution in [3.8, 4) is 5.75 Å². The van der Waals surface area contributed by atoms with Crippen LogP contribution in [0.1, 0.15) is 12.8 Å². The first-order valence-corrected chi connectivity index (χ1v) is 6.03. The van der Waals surface area contributed by atoms with Gasteiger partial charge in [0.05, 0.1) is 19.3 Å². The molecule has 2 rings (SSSR count). The number of aliphatic hydroxyl groups is 2. The van der Waals surface area contributed by atoms with Crippen molar-refractivity contribution in [3.05, 3.63) is 24.3 Å². The highest BCUT2D eigenvalue weighted by Crippen LogP contribution is 2.29. The van der Waals surface area contributed by atoms with Crippen molar-refractivity contribution in [2.75, 3.05) is 25.1 Å². The second-order valence-electron chi connectivity index (χ2n) is 4.50. The molecule has 0 amide bonds. The highest BCUT2D eigenvalue weighted by atomic mass is 16.5. The van der Waals surface area contributed by atoms with Crippen LogP contribution in [0.15, 0.2) is 24.3 Å². The summed E-state index contributed by atoms with van der Waals surface area (Å²) in [5.41, 5.74) is 0.913. The smallest absolute Gasteiger partial charge is 0.119 e. The topological polar surface area (TPSA) is 61.7 Å². The van der Waals surface area contributed by atoms with E-state index in [1.165, 1.54) is 12.8 Å². The summed E-state index contributed by atoms with van der Waals surface area (Å²) >= 11 is 0. The molecule has 0 aromatic heterocycles. The Labute approximate surface area is 101 Å². The average Bonchev–Trinajstić information content (AvgIpc) is 3.18. The van der Waals surface area contributed by atoms with Crippen LogP contribution in [0.2, 0.25) is 0 Å². The fraction of sp³-hybridized carbons (Fsp3) is 0.538. The molecule has 0 aliphatic heterocycles. The van der Waals surface area contributed by atoms with Crippen LogP contribution in [0.25, 0.3) is 0 Å². The van der Waals surface area contributed by atoms with Crippen molar-refractivity contribution in [1.29, 1.82) is 0 Å². The molecule has 94 valence electrons. The first kappa shape index (κ1) is 12.2. The van der Waals surface area contributed by atoms with Crippen LogP contribution in [0, 0.1) is 5.92 Å². The van der Waals surface area contributed by atoms with Gasteiger partial charge in [-0.3, -0.25) is 0 Å². The maximum absolute atomic E-state index is 9.19. The van der Waals surface area contributed by atoms with Gasteiger partial charge in [-0.15, -0.1) is 0 Å². The number of benzene rings is 1. The summed E-state index contributed by atoms with van der Waals surface area (Å²) in [5.74, 6) is 1.64. The molecule has 0 bridgehead atoms. The molecule has 1 unspecified atom stereocenters. The Bertz CT molecular complexity index is 335. The van der Waals surface area contributed by atoms with E-state index in [2.05, 4.69) is 5.32 Å². The van der Waals surface area contributed by atoms with E-state index in [0.717, 1.165) is 24.0 Å². The Hall–Kier alpha value is -1.26. The summed E-state index contributed by atoms with van der Waals surface area (Å²) in [6.07, 6.45) is 1.86. The molecular weight excluding hydrogens is 218 g/mol. The predicted molar refractivity (Wildman–Crippen MR) is 66.2 cm³/mol. The number of rotatable bonds is 7. The lowest BCUT2D eigenvalue weighted by atomic mass is 10.3. The van der Waals surface area contributed by atoms with Crippen LogP contribution in [-0.2, 0) is 0 Å². The molecular formula is C13H19NO3. The number of aliphatic hydroxyl groups excluding tert-OH is 2. The molecule has 1 aliphatic carbocycles. The van der Waals surface area contributed by atoms with Gasteiger partial charge in [0, 0.05) is 12.2 Å². The Kier molecular flexibility index (Phi) is 4.23. The highest BCUT2D eigenvalue weighted by Gasteiger charge is 2.21. The zero-order valence-electron chi connectivity index (χ0n) is 9.80. The lowest BCUT2D eigenvalue weighted by molar-refractivity contribution is 0.105. The van der Waals surface area contributed by atoms with Crippen LogP contribution in [-0.4, -0.2) is 36.1 Å². The lowest BCUT2D eigenvalue weighted by Crippen LogP contribution is -2.22. The standard InChI is InChI=1S/C13H19NO3/c15-8-12(16)7-14-11-3-5-13(6-4-11)17-9-10-1-2-10/h3-6,10,12,14-16H,1-2,7-9H2. The van der Waals surface area contributed by atoms with E-state index < -0.39 is 6.10 Å². The first-order valence-electron chi connectivity index (χ1n) is 6.03. The van der Waals surface area contributed by atoms with Crippen molar-refractivity contribution in [1.82, 2.24) is 0 Å². The van der Waals surface area contributed by atoms with E-state index in [0.29, 0.717) is 6.54 Å². The molecule has 3 N–H and O–H groups in total. The van der Waals surface area contributed by atoms with Crippen LogP contribution in [0.3, 0.4) is 0 Å². The zero-order valence-corrected chi connectivity index (χ0v) is 9.80. The fourth-order valence-electron chi connectivity index (χ4n) is 1.47. The molecule has 0 spiro atoms. The molecule has 1 aromatic carbocycles. The van der Waals surface area contributed by atoms with Crippen molar-refractivity contribution in [3.63, 3.8) is 0 Å². The van der Waals surface area contributed by atoms with Gasteiger partial charge in [0.25, 0.3) is 0 Å². The van der Waals surface area contributed by atoms with Gasteiger partial charge in [0.1, 0.15) is 5.75 Å². The molecule has 0 heterocycles. The first-order chi connectivity index (χ1) is 8.28. The summed E-state index contributed by atoms with van der Waals surface area (Å²) in [4.78, 5) is 0. The Morgan fingerprint density at radius 2 is 2.00 bits per heavy atom. The number of anilines is 1. The largest absolute Gasteiger partial charge is 0.493 e. The van der Waals surface area contributed by atoms with Gasteiger partial charge >= 0.3 is 0 Å². The summed E-state index contributed by atoms with van der Waals surface area (Å²) < 4.78 is 5.61. The minimum absolute atomic E-state index is 0.227. The van der Waals surface area contributed by atoms with Crippen molar-refractivity contribution in [2.45, 2.75) is 18.9 Å². The number of hydrogen-bond acceptors (Lipinski definition) is 4. The lowest BCUT2D eigenvalue weighted by Gasteiger charge is -2.11. The molecule has 1 aromatic rings. The van der Waals surface area contributed by atoms with Gasteiger partial charge in [-0.2, -0.15) is 0 Å². The van der Waals surface area contributed by atoms with Gasteiger partial charge in [-0.25, -0.2) is 0 Å². The average molecular weight is 237 g/mol. The zero-order chi connectivity index (χ0) is 12.1. The Morgan fingerprint density at radius 3 is 2.59 bits per heavy atom. The molecule has 0 saturated heterocycles. The van der Waals surface area contributed by atoms with E-state index in [1.807, 2.05) is 24.3 Å². The van der Waals surface area contributed by atoms with E-state index in [9.17, 15) is 5.11 Å². The van der Waals surface area contributed by atoms with Crippen molar-refractivity contribution >= 4 is 5.69 Å². The maximum Gasteiger partial charge on any atom is 0.119 e. The monoisotopic (exact) mass is 237 g/mol. The third-order valence-electron chi connectivity index (χ3n) is 2.79. The fourth-order valence-corrected chi connectivity index (χ4v) is 1.47. The quantitative estimate of drug-likeness (QED) is 0.667. The van der Waals surface area contributed by atoms with Gasteiger partial charge < -0.3 is 20.3 Å². The van der Waals surface area contributed by atoms with Gasteiger partial charge in [-0.05, 0) is 43.0 Å². The second kappa shape index (κ2) is 5.89. The van der Waals surface area contributed by atoms with Crippen molar-refractivity contribution < 1.29 is 14.9 Å². The third-order valence-corrected chi connectivity index (χ3v) is 2.79. The van der Waals surface area contributed by atoms with E-state index in [-0.39, 0.29) is 6.61 Å². The molecule has 0 radical (unpaired) electrons. The predicted octanol–water partition coefficient (Wildman–Crippen LogP) is 1.24. The molecule has 17 heavy (non-hydrogen) atoms. The Morgan fingerprint density at radius 1 is 1.29 bits per heavy atom. The number of ether oxygens (including phenoxy) is 1. The van der Waals surface area contributed by atoms with Gasteiger partial charge in [0.2, 0.25) is 0 Å². The normalized spacial score (nSPS) is 16.6. The highest BCUT2D eigenvalue weighted by molar-refractivity contribution is 5.46. The van der Waals surface area contributed by atoms with E-state index in [1.54, 1.807) is 0 Å². The summed E-state index contributed by atoms with van der Waals surface area (Å²) in [7, 11) is 0. The molecule has 1 atom stereocenters. The van der Waals surface area contributed by atoms with Crippen LogP contribution in [0.5, 0.6) is 5.75 Å². The van der Waals surface area contributed by atoms with Crippen LogP contribution >= 0.6 is 0 Å². The molecule has 4 heteroatoms.